The van der Waals surface area contributed by atoms with Crippen LogP contribution in [0, 0.1) is 11.7 Å². The number of carboxylic acids is 1. The molecular formula is C20H30BFN2O4. The molecule has 6 nitrogen and oxygen atoms in total. The molecule has 1 heterocycles. The van der Waals surface area contributed by atoms with Gasteiger partial charge in [0.2, 0.25) is 0 Å². The van der Waals surface area contributed by atoms with Gasteiger partial charge in [0.1, 0.15) is 11.4 Å². The van der Waals surface area contributed by atoms with Crippen LogP contribution in [-0.4, -0.2) is 57.8 Å². The lowest BCUT2D eigenvalue weighted by Crippen LogP contribution is -2.57. The number of halogens is 1. The van der Waals surface area contributed by atoms with Gasteiger partial charge in [-0.25, -0.2) is 4.39 Å². The lowest BCUT2D eigenvalue weighted by atomic mass is 9.74. The number of carboxylic acid groups (broad SMARTS) is 1. The summed E-state index contributed by atoms with van der Waals surface area (Å²) in [5.41, 5.74) is 6.95. The average molecular weight is 392 g/mol. The van der Waals surface area contributed by atoms with E-state index in [1.165, 1.54) is 6.07 Å². The fraction of sp³-hybridized carbons (Fsp3) is 0.650. The molecule has 1 aliphatic heterocycles. The maximum absolute atomic E-state index is 14.0. The SMILES string of the molecule is NC(CCCCB(O)O)(C(=O)O)C1CCN(C2Cc3cccc(F)c3C2)CC1. The molecule has 0 spiro atoms. The molecule has 2 unspecified atom stereocenters. The Morgan fingerprint density at radius 1 is 1.25 bits per heavy atom. The third-order valence-electron chi connectivity index (χ3n) is 6.59. The van der Waals surface area contributed by atoms with E-state index in [0.29, 0.717) is 38.5 Å². The van der Waals surface area contributed by atoms with Gasteiger partial charge < -0.3 is 20.9 Å². The molecule has 1 aromatic carbocycles. The van der Waals surface area contributed by atoms with Crippen molar-refractivity contribution in [3.8, 4) is 0 Å². The molecule has 1 aromatic rings. The lowest BCUT2D eigenvalue weighted by Gasteiger charge is -2.42. The largest absolute Gasteiger partial charge is 0.480 e. The summed E-state index contributed by atoms with van der Waals surface area (Å²) in [6, 6.07) is 5.53. The highest BCUT2D eigenvalue weighted by Gasteiger charge is 2.44. The second kappa shape index (κ2) is 8.90. The molecule has 1 aliphatic carbocycles. The fourth-order valence-electron chi connectivity index (χ4n) is 4.85. The number of carbonyl (C=O) groups is 1. The maximum atomic E-state index is 14.0. The molecule has 5 N–H and O–H groups in total. The monoisotopic (exact) mass is 392 g/mol. The first-order chi connectivity index (χ1) is 13.3. The van der Waals surface area contributed by atoms with Gasteiger partial charge in [-0.1, -0.05) is 25.0 Å². The van der Waals surface area contributed by atoms with E-state index in [2.05, 4.69) is 4.90 Å². The Balaban J connectivity index is 1.54. The molecule has 1 fully saturated rings. The van der Waals surface area contributed by atoms with Gasteiger partial charge in [-0.05, 0) is 74.6 Å². The molecule has 0 saturated carbocycles. The number of rotatable bonds is 8. The first kappa shape index (κ1) is 21.2. The molecule has 2 atom stereocenters. The predicted molar refractivity (Wildman–Crippen MR) is 105 cm³/mol. The van der Waals surface area contributed by atoms with Gasteiger partial charge in [-0.3, -0.25) is 9.69 Å². The molecule has 0 bridgehead atoms. The summed E-state index contributed by atoms with van der Waals surface area (Å²) in [7, 11) is -1.36. The fourth-order valence-corrected chi connectivity index (χ4v) is 4.85. The highest BCUT2D eigenvalue weighted by atomic mass is 19.1. The first-order valence-corrected chi connectivity index (χ1v) is 10.2. The molecule has 8 heteroatoms. The Labute approximate surface area is 165 Å². The number of piperidine rings is 1. The summed E-state index contributed by atoms with van der Waals surface area (Å²) in [6.07, 6.45) is 4.62. The normalized spacial score (nSPS) is 22.6. The van der Waals surface area contributed by atoms with Crippen molar-refractivity contribution in [3.05, 3.63) is 35.1 Å². The minimum atomic E-state index is -1.36. The molecule has 0 aromatic heterocycles. The van der Waals surface area contributed by atoms with E-state index >= 15 is 0 Å². The quantitative estimate of drug-likeness (QED) is 0.394. The van der Waals surface area contributed by atoms with E-state index < -0.39 is 18.6 Å². The van der Waals surface area contributed by atoms with Gasteiger partial charge in [0.05, 0.1) is 0 Å². The molecule has 0 radical (unpaired) electrons. The second-order valence-corrected chi connectivity index (χ2v) is 8.32. The van der Waals surface area contributed by atoms with Gasteiger partial charge >= 0.3 is 13.1 Å². The van der Waals surface area contributed by atoms with Crippen LogP contribution in [0.2, 0.25) is 6.32 Å². The van der Waals surface area contributed by atoms with Gasteiger partial charge in [-0.15, -0.1) is 0 Å². The molecule has 2 aliphatic rings. The zero-order valence-corrected chi connectivity index (χ0v) is 16.2. The third kappa shape index (κ3) is 4.57. The summed E-state index contributed by atoms with van der Waals surface area (Å²) in [5, 5.41) is 27.6. The number of unbranched alkanes of at least 4 members (excludes halogenated alkanes) is 1. The summed E-state index contributed by atoms with van der Waals surface area (Å²) < 4.78 is 14.0. The van der Waals surface area contributed by atoms with E-state index in [0.717, 1.165) is 30.6 Å². The minimum Gasteiger partial charge on any atom is -0.480 e. The molecule has 28 heavy (non-hydrogen) atoms. The Bertz CT molecular complexity index is 697. The third-order valence-corrected chi connectivity index (χ3v) is 6.59. The zero-order valence-electron chi connectivity index (χ0n) is 16.2. The number of aliphatic carboxylic acids is 1. The highest BCUT2D eigenvalue weighted by molar-refractivity contribution is 6.40. The lowest BCUT2D eigenvalue weighted by molar-refractivity contribution is -0.147. The van der Waals surface area contributed by atoms with Crippen molar-refractivity contribution in [2.75, 3.05) is 13.1 Å². The van der Waals surface area contributed by atoms with Crippen molar-refractivity contribution in [1.29, 1.82) is 0 Å². The number of benzene rings is 1. The van der Waals surface area contributed by atoms with E-state index in [1.54, 1.807) is 6.07 Å². The number of fused-ring (bicyclic) bond motifs is 1. The van der Waals surface area contributed by atoms with E-state index in [9.17, 15) is 14.3 Å². The topological polar surface area (TPSA) is 107 Å². The van der Waals surface area contributed by atoms with Crippen molar-refractivity contribution < 1.29 is 24.3 Å². The van der Waals surface area contributed by atoms with Crippen LogP contribution in [0.1, 0.15) is 43.2 Å². The minimum absolute atomic E-state index is 0.110. The summed E-state index contributed by atoms with van der Waals surface area (Å²) in [6.45, 7) is 1.54. The molecule has 154 valence electrons. The van der Waals surface area contributed by atoms with Crippen molar-refractivity contribution in [3.63, 3.8) is 0 Å². The van der Waals surface area contributed by atoms with Crippen LogP contribution < -0.4 is 5.73 Å². The molecular weight excluding hydrogens is 362 g/mol. The van der Waals surface area contributed by atoms with Gasteiger partial charge in [0.15, 0.2) is 0 Å². The average Bonchev–Trinajstić information content (AvgIpc) is 3.10. The molecule has 1 saturated heterocycles. The summed E-state index contributed by atoms with van der Waals surface area (Å²) in [5.74, 6) is -1.22. The summed E-state index contributed by atoms with van der Waals surface area (Å²) >= 11 is 0. The molecule has 0 amide bonds. The smallest absolute Gasteiger partial charge is 0.451 e. The van der Waals surface area contributed by atoms with Crippen LogP contribution in [0.4, 0.5) is 4.39 Å². The van der Waals surface area contributed by atoms with Crippen LogP contribution in [0.5, 0.6) is 0 Å². The van der Waals surface area contributed by atoms with E-state index in [1.807, 2.05) is 6.07 Å². The Morgan fingerprint density at radius 3 is 2.57 bits per heavy atom. The second-order valence-electron chi connectivity index (χ2n) is 8.32. The first-order valence-electron chi connectivity index (χ1n) is 10.2. The van der Waals surface area contributed by atoms with Crippen LogP contribution in [-0.2, 0) is 17.6 Å². The number of nitrogens with two attached hydrogens (primary N) is 1. The predicted octanol–water partition coefficient (Wildman–Crippen LogP) is 1.43. The van der Waals surface area contributed by atoms with Crippen molar-refractivity contribution >= 4 is 13.1 Å². The Kier molecular flexibility index (Phi) is 6.75. The highest BCUT2D eigenvalue weighted by Crippen LogP contribution is 2.34. The number of hydrogen-bond acceptors (Lipinski definition) is 5. The van der Waals surface area contributed by atoms with Gasteiger partial charge in [0, 0.05) is 6.04 Å². The number of likely N-dealkylation sites (tertiary alicyclic amines) is 1. The van der Waals surface area contributed by atoms with Crippen molar-refractivity contribution in [2.24, 2.45) is 11.7 Å². The maximum Gasteiger partial charge on any atom is 0.451 e. The van der Waals surface area contributed by atoms with Crippen molar-refractivity contribution in [2.45, 2.75) is 62.8 Å². The van der Waals surface area contributed by atoms with Gasteiger partial charge in [0.25, 0.3) is 0 Å². The van der Waals surface area contributed by atoms with Crippen LogP contribution in [0.15, 0.2) is 18.2 Å². The standard InChI is InChI=1S/C20H30BFN2O4/c22-18-5-3-4-14-12-16(13-17(14)18)24-10-6-15(7-11-24)20(23,19(25)26)8-1-2-9-21(27)28/h3-5,15-16,27-28H,1-2,6-13,23H2,(H,25,26). The summed E-state index contributed by atoms with van der Waals surface area (Å²) in [4.78, 5) is 14.2. The molecule has 3 rings (SSSR count). The van der Waals surface area contributed by atoms with E-state index in [-0.39, 0.29) is 24.1 Å². The van der Waals surface area contributed by atoms with Crippen LogP contribution in [0.25, 0.3) is 0 Å². The number of nitrogens with zero attached hydrogens (tertiary/aromatic N) is 1. The van der Waals surface area contributed by atoms with Crippen LogP contribution in [0.3, 0.4) is 0 Å². The van der Waals surface area contributed by atoms with Crippen LogP contribution >= 0.6 is 0 Å². The zero-order chi connectivity index (χ0) is 20.3. The Hall–Kier alpha value is -1.48. The Morgan fingerprint density at radius 2 is 1.96 bits per heavy atom. The van der Waals surface area contributed by atoms with Gasteiger partial charge in [-0.2, -0.15) is 0 Å². The van der Waals surface area contributed by atoms with E-state index in [4.69, 9.17) is 15.8 Å². The number of hydrogen-bond donors (Lipinski definition) is 4. The van der Waals surface area contributed by atoms with Crippen molar-refractivity contribution in [1.82, 2.24) is 4.90 Å².